The number of nitrogens with zero attached hydrogens (tertiary/aromatic N) is 4. The Hall–Kier alpha value is -1.82. The molecule has 0 spiro atoms. The van der Waals surface area contributed by atoms with Gasteiger partial charge in [-0.05, 0) is 19.1 Å². The van der Waals surface area contributed by atoms with Gasteiger partial charge in [0.05, 0.1) is 16.3 Å². The Morgan fingerprint density at radius 1 is 1.30 bits per heavy atom. The molecule has 5 nitrogen and oxygen atoms in total. The summed E-state index contributed by atoms with van der Waals surface area (Å²) < 4.78 is 7.38. The van der Waals surface area contributed by atoms with E-state index in [0.717, 1.165) is 28.4 Å². The van der Waals surface area contributed by atoms with E-state index in [4.69, 9.17) is 4.52 Å². The maximum absolute atomic E-state index is 5.28. The Balaban J connectivity index is 1.87. The summed E-state index contributed by atoms with van der Waals surface area (Å²) >= 11 is 1.63. The molecular formula is C14H16N4OS. The van der Waals surface area contributed by atoms with Crippen LogP contribution in [0.5, 0.6) is 0 Å². The zero-order valence-electron chi connectivity index (χ0n) is 11.7. The SMILES string of the molecule is CCc1noc(C(C)Sc2nc3ccccc3n2C)n1. The Labute approximate surface area is 121 Å². The molecule has 2 aromatic heterocycles. The number of para-hydroxylation sites is 2. The minimum atomic E-state index is 0.0818. The highest BCUT2D eigenvalue weighted by Gasteiger charge is 2.18. The molecule has 3 rings (SSSR count). The lowest BCUT2D eigenvalue weighted by molar-refractivity contribution is 0.375. The second-order valence-corrected chi connectivity index (χ2v) is 5.91. The molecule has 6 heteroatoms. The van der Waals surface area contributed by atoms with Crippen molar-refractivity contribution in [3.05, 3.63) is 36.0 Å². The minimum absolute atomic E-state index is 0.0818. The number of thioether (sulfide) groups is 1. The van der Waals surface area contributed by atoms with Gasteiger partial charge >= 0.3 is 0 Å². The van der Waals surface area contributed by atoms with Crippen LogP contribution in [0, 0.1) is 0 Å². The quantitative estimate of drug-likeness (QED) is 0.689. The standard InChI is InChI=1S/C14H16N4OS/c1-4-12-16-13(19-17-12)9(2)20-14-15-10-7-5-6-8-11(10)18(14)3/h5-9H,4H2,1-3H3. The number of imidazole rings is 1. The number of hydrogen-bond acceptors (Lipinski definition) is 5. The lowest BCUT2D eigenvalue weighted by Gasteiger charge is -2.05. The highest BCUT2D eigenvalue weighted by Crippen LogP contribution is 2.34. The van der Waals surface area contributed by atoms with Gasteiger partial charge in [0.2, 0.25) is 5.89 Å². The van der Waals surface area contributed by atoms with Gasteiger partial charge in [0.15, 0.2) is 11.0 Å². The molecule has 0 fully saturated rings. The molecule has 1 unspecified atom stereocenters. The molecular weight excluding hydrogens is 272 g/mol. The fourth-order valence-corrected chi connectivity index (χ4v) is 2.93. The van der Waals surface area contributed by atoms with E-state index in [0.29, 0.717) is 5.89 Å². The maximum atomic E-state index is 5.28. The zero-order chi connectivity index (χ0) is 14.1. The van der Waals surface area contributed by atoms with Crippen molar-refractivity contribution in [1.29, 1.82) is 0 Å². The molecule has 0 aliphatic rings. The molecule has 0 amide bonds. The summed E-state index contributed by atoms with van der Waals surface area (Å²) in [7, 11) is 2.02. The van der Waals surface area contributed by atoms with E-state index in [9.17, 15) is 0 Å². The predicted octanol–water partition coefficient (Wildman–Crippen LogP) is 3.37. The lowest BCUT2D eigenvalue weighted by Crippen LogP contribution is -1.95. The molecule has 1 aromatic carbocycles. The largest absolute Gasteiger partial charge is 0.338 e. The Bertz CT molecular complexity index is 734. The Morgan fingerprint density at radius 2 is 2.10 bits per heavy atom. The van der Waals surface area contributed by atoms with E-state index in [1.165, 1.54) is 0 Å². The smallest absolute Gasteiger partial charge is 0.239 e. The van der Waals surface area contributed by atoms with E-state index in [2.05, 4.69) is 32.7 Å². The van der Waals surface area contributed by atoms with Crippen molar-refractivity contribution in [2.24, 2.45) is 7.05 Å². The topological polar surface area (TPSA) is 56.7 Å². The van der Waals surface area contributed by atoms with Crippen molar-refractivity contribution in [2.45, 2.75) is 30.7 Å². The number of hydrogen-bond donors (Lipinski definition) is 0. The van der Waals surface area contributed by atoms with Crippen LogP contribution in [0.2, 0.25) is 0 Å². The van der Waals surface area contributed by atoms with Gasteiger partial charge in [0.1, 0.15) is 0 Å². The van der Waals surface area contributed by atoms with E-state index >= 15 is 0 Å². The van der Waals surface area contributed by atoms with Gasteiger partial charge in [-0.25, -0.2) is 4.98 Å². The molecule has 1 atom stereocenters. The van der Waals surface area contributed by atoms with Gasteiger partial charge in [0, 0.05) is 13.5 Å². The van der Waals surface area contributed by atoms with Crippen LogP contribution in [0.1, 0.15) is 30.8 Å². The van der Waals surface area contributed by atoms with E-state index in [1.54, 1.807) is 11.8 Å². The van der Waals surface area contributed by atoms with Gasteiger partial charge in [-0.2, -0.15) is 4.98 Å². The van der Waals surface area contributed by atoms with Crippen LogP contribution in [0.15, 0.2) is 33.9 Å². The first-order valence-electron chi connectivity index (χ1n) is 6.59. The van der Waals surface area contributed by atoms with Gasteiger partial charge < -0.3 is 9.09 Å². The van der Waals surface area contributed by atoms with Crippen LogP contribution in [0.3, 0.4) is 0 Å². The van der Waals surface area contributed by atoms with Crippen molar-refractivity contribution >= 4 is 22.8 Å². The molecule has 0 saturated carbocycles. The monoisotopic (exact) mass is 288 g/mol. The van der Waals surface area contributed by atoms with Crippen LogP contribution in [-0.2, 0) is 13.5 Å². The molecule has 0 aliphatic heterocycles. The molecule has 3 aromatic rings. The van der Waals surface area contributed by atoms with Crippen molar-refractivity contribution in [2.75, 3.05) is 0 Å². The number of aromatic nitrogens is 4. The number of rotatable bonds is 4. The average molecular weight is 288 g/mol. The molecule has 2 heterocycles. The Kier molecular flexibility index (Phi) is 3.48. The number of fused-ring (bicyclic) bond motifs is 1. The molecule has 104 valence electrons. The van der Waals surface area contributed by atoms with E-state index in [1.807, 2.05) is 32.2 Å². The van der Waals surface area contributed by atoms with Crippen molar-refractivity contribution in [1.82, 2.24) is 19.7 Å². The third-order valence-electron chi connectivity index (χ3n) is 3.18. The molecule has 0 bridgehead atoms. The molecule has 0 aliphatic carbocycles. The summed E-state index contributed by atoms with van der Waals surface area (Å²) in [6.07, 6.45) is 0.785. The first-order chi connectivity index (χ1) is 9.69. The summed E-state index contributed by atoms with van der Waals surface area (Å²) in [6, 6.07) is 8.11. The first-order valence-corrected chi connectivity index (χ1v) is 7.47. The minimum Gasteiger partial charge on any atom is -0.338 e. The summed E-state index contributed by atoms with van der Waals surface area (Å²) in [6.45, 7) is 4.06. The highest BCUT2D eigenvalue weighted by atomic mass is 32.2. The van der Waals surface area contributed by atoms with E-state index < -0.39 is 0 Å². The van der Waals surface area contributed by atoms with Crippen molar-refractivity contribution in [3.63, 3.8) is 0 Å². The van der Waals surface area contributed by atoms with Gasteiger partial charge in [0.25, 0.3) is 0 Å². The van der Waals surface area contributed by atoms with E-state index in [-0.39, 0.29) is 5.25 Å². The summed E-state index contributed by atoms with van der Waals surface area (Å²) in [5, 5.41) is 4.97. The van der Waals surface area contributed by atoms with Crippen LogP contribution in [-0.4, -0.2) is 19.7 Å². The second kappa shape index (κ2) is 5.28. The lowest BCUT2D eigenvalue weighted by atomic mass is 10.3. The third kappa shape index (κ3) is 2.31. The van der Waals surface area contributed by atoms with Crippen molar-refractivity contribution in [3.8, 4) is 0 Å². The summed E-state index contributed by atoms with van der Waals surface area (Å²) in [5.41, 5.74) is 2.13. The molecule has 0 N–H and O–H groups in total. The molecule has 0 radical (unpaired) electrons. The van der Waals surface area contributed by atoms with Gasteiger partial charge in [-0.3, -0.25) is 0 Å². The van der Waals surface area contributed by atoms with Crippen molar-refractivity contribution < 1.29 is 4.52 Å². The summed E-state index contributed by atoms with van der Waals surface area (Å²) in [4.78, 5) is 9.01. The summed E-state index contributed by atoms with van der Waals surface area (Å²) in [5.74, 6) is 1.40. The maximum Gasteiger partial charge on any atom is 0.239 e. The Morgan fingerprint density at radius 3 is 2.80 bits per heavy atom. The zero-order valence-corrected chi connectivity index (χ0v) is 12.5. The normalized spacial score (nSPS) is 12.9. The highest BCUT2D eigenvalue weighted by molar-refractivity contribution is 7.99. The first kappa shape index (κ1) is 13.2. The number of aryl methyl sites for hydroxylation is 2. The average Bonchev–Trinajstić information content (AvgIpc) is 3.05. The predicted molar refractivity (Wildman–Crippen MR) is 78.7 cm³/mol. The van der Waals surface area contributed by atoms with Crippen LogP contribution < -0.4 is 0 Å². The van der Waals surface area contributed by atoms with Crippen LogP contribution in [0.4, 0.5) is 0 Å². The van der Waals surface area contributed by atoms with Gasteiger partial charge in [-0.15, -0.1) is 0 Å². The van der Waals surface area contributed by atoms with Crippen LogP contribution >= 0.6 is 11.8 Å². The second-order valence-electron chi connectivity index (χ2n) is 4.60. The van der Waals surface area contributed by atoms with Gasteiger partial charge in [-0.1, -0.05) is 36.0 Å². The number of benzene rings is 1. The third-order valence-corrected chi connectivity index (χ3v) is 4.31. The molecule has 0 saturated heterocycles. The molecule has 20 heavy (non-hydrogen) atoms. The fraction of sp³-hybridized carbons (Fsp3) is 0.357. The van der Waals surface area contributed by atoms with Crippen LogP contribution in [0.25, 0.3) is 11.0 Å². The fourth-order valence-electron chi connectivity index (χ4n) is 2.01.